The fourth-order valence-corrected chi connectivity index (χ4v) is 2.09. The minimum absolute atomic E-state index is 0.0566. The van der Waals surface area contributed by atoms with Gasteiger partial charge in [0.25, 0.3) is 0 Å². The molecule has 0 aliphatic heterocycles. The molecule has 1 aliphatic rings. The van der Waals surface area contributed by atoms with E-state index in [4.69, 9.17) is 5.73 Å². The summed E-state index contributed by atoms with van der Waals surface area (Å²) in [5.41, 5.74) is 5.20. The highest BCUT2D eigenvalue weighted by Crippen LogP contribution is 2.27. The van der Waals surface area contributed by atoms with Crippen molar-refractivity contribution >= 4 is 5.91 Å². The first kappa shape index (κ1) is 11.5. The summed E-state index contributed by atoms with van der Waals surface area (Å²) >= 11 is 0. The third kappa shape index (κ3) is 3.29. The van der Waals surface area contributed by atoms with Crippen LogP contribution in [0.4, 0.5) is 0 Å². The standard InChI is InChI=1S/C11H22N2O/c1-8(11(12)14)7-13-9(2)10-5-3-4-6-10/h8-10,13H,3-7H2,1-2H3,(H2,12,14)/t8?,9-/m1/s1. The Balaban J connectivity index is 2.19. The van der Waals surface area contributed by atoms with Crippen molar-refractivity contribution in [3.05, 3.63) is 0 Å². The molecule has 3 heteroatoms. The number of carbonyl (C=O) groups excluding carboxylic acids is 1. The van der Waals surface area contributed by atoms with Gasteiger partial charge in [0.15, 0.2) is 0 Å². The van der Waals surface area contributed by atoms with Gasteiger partial charge in [0.05, 0.1) is 0 Å². The quantitative estimate of drug-likeness (QED) is 0.699. The number of carbonyl (C=O) groups is 1. The van der Waals surface area contributed by atoms with Crippen LogP contribution in [0.3, 0.4) is 0 Å². The van der Waals surface area contributed by atoms with Gasteiger partial charge in [0.2, 0.25) is 5.91 Å². The number of primary amides is 1. The lowest BCUT2D eigenvalue weighted by molar-refractivity contribution is -0.121. The molecule has 0 aromatic rings. The Kier molecular flexibility index (Phi) is 4.39. The van der Waals surface area contributed by atoms with Gasteiger partial charge >= 0.3 is 0 Å². The van der Waals surface area contributed by atoms with Gasteiger partial charge in [0, 0.05) is 18.5 Å². The molecule has 0 aromatic carbocycles. The van der Waals surface area contributed by atoms with E-state index in [0.29, 0.717) is 12.6 Å². The van der Waals surface area contributed by atoms with Crippen molar-refractivity contribution in [2.24, 2.45) is 17.6 Å². The molecule has 1 unspecified atom stereocenters. The maximum Gasteiger partial charge on any atom is 0.221 e. The number of nitrogens with one attached hydrogen (secondary N) is 1. The normalized spacial score (nSPS) is 22.1. The molecule has 1 fully saturated rings. The van der Waals surface area contributed by atoms with Gasteiger partial charge in [-0.15, -0.1) is 0 Å². The zero-order valence-corrected chi connectivity index (χ0v) is 9.25. The summed E-state index contributed by atoms with van der Waals surface area (Å²) in [5, 5.41) is 3.40. The van der Waals surface area contributed by atoms with Crippen LogP contribution in [0.2, 0.25) is 0 Å². The van der Waals surface area contributed by atoms with Gasteiger partial charge in [-0.3, -0.25) is 4.79 Å². The Morgan fingerprint density at radius 2 is 2.00 bits per heavy atom. The van der Waals surface area contributed by atoms with Crippen molar-refractivity contribution in [1.82, 2.24) is 5.32 Å². The fourth-order valence-electron chi connectivity index (χ4n) is 2.09. The van der Waals surface area contributed by atoms with Gasteiger partial charge in [0.1, 0.15) is 0 Å². The maximum atomic E-state index is 10.8. The predicted octanol–water partition coefficient (Wildman–Crippen LogP) is 1.28. The smallest absolute Gasteiger partial charge is 0.221 e. The van der Waals surface area contributed by atoms with Crippen LogP contribution in [0.15, 0.2) is 0 Å². The second-order valence-corrected chi connectivity index (χ2v) is 4.54. The molecule has 0 radical (unpaired) electrons. The molecule has 14 heavy (non-hydrogen) atoms. The van der Waals surface area contributed by atoms with E-state index < -0.39 is 0 Å². The van der Waals surface area contributed by atoms with Crippen LogP contribution in [0.5, 0.6) is 0 Å². The minimum Gasteiger partial charge on any atom is -0.369 e. The first-order valence-electron chi connectivity index (χ1n) is 5.64. The minimum atomic E-state index is -0.212. The third-order valence-electron chi connectivity index (χ3n) is 3.34. The van der Waals surface area contributed by atoms with E-state index in [9.17, 15) is 4.79 Å². The Morgan fingerprint density at radius 3 is 2.50 bits per heavy atom. The lowest BCUT2D eigenvalue weighted by atomic mass is 9.99. The van der Waals surface area contributed by atoms with Gasteiger partial charge in [-0.25, -0.2) is 0 Å². The lowest BCUT2D eigenvalue weighted by Crippen LogP contribution is -2.38. The third-order valence-corrected chi connectivity index (χ3v) is 3.34. The molecule has 1 aliphatic carbocycles. The highest BCUT2D eigenvalue weighted by atomic mass is 16.1. The van der Waals surface area contributed by atoms with Crippen molar-refractivity contribution in [2.45, 2.75) is 45.6 Å². The second kappa shape index (κ2) is 5.35. The number of amides is 1. The average molecular weight is 198 g/mol. The van der Waals surface area contributed by atoms with Gasteiger partial charge in [-0.1, -0.05) is 19.8 Å². The molecule has 1 rings (SSSR count). The molecular formula is C11H22N2O. The van der Waals surface area contributed by atoms with Crippen LogP contribution >= 0.6 is 0 Å². The van der Waals surface area contributed by atoms with Crippen LogP contribution in [-0.4, -0.2) is 18.5 Å². The molecule has 0 saturated heterocycles. The van der Waals surface area contributed by atoms with Crippen molar-refractivity contribution in [3.8, 4) is 0 Å². The van der Waals surface area contributed by atoms with E-state index in [0.717, 1.165) is 5.92 Å². The summed E-state index contributed by atoms with van der Waals surface area (Å²) in [6.07, 6.45) is 5.39. The first-order chi connectivity index (χ1) is 6.61. The Hall–Kier alpha value is -0.570. The van der Waals surface area contributed by atoms with E-state index in [-0.39, 0.29) is 11.8 Å². The Labute approximate surface area is 86.4 Å². The predicted molar refractivity (Wildman–Crippen MR) is 57.8 cm³/mol. The zero-order chi connectivity index (χ0) is 10.6. The summed E-state index contributed by atoms with van der Waals surface area (Å²) in [6, 6.07) is 0.527. The summed E-state index contributed by atoms with van der Waals surface area (Å²) in [6.45, 7) is 4.80. The van der Waals surface area contributed by atoms with E-state index in [1.807, 2.05) is 6.92 Å². The molecular weight excluding hydrogens is 176 g/mol. The maximum absolute atomic E-state index is 10.8. The molecule has 3 N–H and O–H groups in total. The van der Waals surface area contributed by atoms with E-state index >= 15 is 0 Å². The zero-order valence-electron chi connectivity index (χ0n) is 9.25. The second-order valence-electron chi connectivity index (χ2n) is 4.54. The average Bonchev–Trinajstić information content (AvgIpc) is 2.66. The fraction of sp³-hybridized carbons (Fsp3) is 0.909. The van der Waals surface area contributed by atoms with Crippen molar-refractivity contribution in [2.75, 3.05) is 6.54 Å². The van der Waals surface area contributed by atoms with Crippen LogP contribution < -0.4 is 11.1 Å². The highest BCUT2D eigenvalue weighted by molar-refractivity contribution is 5.76. The number of rotatable bonds is 5. The van der Waals surface area contributed by atoms with Crippen molar-refractivity contribution in [3.63, 3.8) is 0 Å². The lowest BCUT2D eigenvalue weighted by Gasteiger charge is -2.21. The van der Waals surface area contributed by atoms with Crippen LogP contribution in [-0.2, 0) is 4.79 Å². The molecule has 0 aromatic heterocycles. The number of nitrogens with two attached hydrogens (primary N) is 1. The van der Waals surface area contributed by atoms with Crippen molar-refractivity contribution in [1.29, 1.82) is 0 Å². The number of hydrogen-bond acceptors (Lipinski definition) is 2. The van der Waals surface area contributed by atoms with E-state index in [2.05, 4.69) is 12.2 Å². The van der Waals surface area contributed by atoms with Gasteiger partial charge in [-0.05, 0) is 25.7 Å². The number of hydrogen-bond donors (Lipinski definition) is 2. The highest BCUT2D eigenvalue weighted by Gasteiger charge is 2.21. The molecule has 0 bridgehead atoms. The van der Waals surface area contributed by atoms with Crippen LogP contribution in [0, 0.1) is 11.8 Å². The molecule has 0 spiro atoms. The SMILES string of the molecule is CC(CN[C@H](C)C1CCCC1)C(N)=O. The molecule has 1 saturated carbocycles. The summed E-state index contributed by atoms with van der Waals surface area (Å²) in [5.74, 6) is 0.532. The summed E-state index contributed by atoms with van der Waals surface area (Å²) < 4.78 is 0. The van der Waals surface area contributed by atoms with Crippen LogP contribution in [0.1, 0.15) is 39.5 Å². The Morgan fingerprint density at radius 1 is 1.43 bits per heavy atom. The molecule has 82 valence electrons. The Bertz CT molecular complexity index is 188. The van der Waals surface area contributed by atoms with E-state index in [1.54, 1.807) is 0 Å². The van der Waals surface area contributed by atoms with E-state index in [1.165, 1.54) is 25.7 Å². The monoisotopic (exact) mass is 198 g/mol. The molecule has 3 nitrogen and oxygen atoms in total. The summed E-state index contributed by atoms with van der Waals surface area (Å²) in [7, 11) is 0. The largest absolute Gasteiger partial charge is 0.369 e. The molecule has 0 heterocycles. The van der Waals surface area contributed by atoms with Crippen molar-refractivity contribution < 1.29 is 4.79 Å². The van der Waals surface area contributed by atoms with Gasteiger partial charge < -0.3 is 11.1 Å². The van der Waals surface area contributed by atoms with Crippen LogP contribution in [0.25, 0.3) is 0 Å². The molecule has 1 amide bonds. The molecule has 2 atom stereocenters. The topological polar surface area (TPSA) is 55.1 Å². The van der Waals surface area contributed by atoms with Gasteiger partial charge in [-0.2, -0.15) is 0 Å². The first-order valence-corrected chi connectivity index (χ1v) is 5.64. The summed E-state index contributed by atoms with van der Waals surface area (Å²) in [4.78, 5) is 10.8.